The van der Waals surface area contributed by atoms with Crippen molar-refractivity contribution in [3.63, 3.8) is 0 Å². The van der Waals surface area contributed by atoms with Crippen molar-refractivity contribution in [2.24, 2.45) is 4.99 Å². The molecule has 7 nitrogen and oxygen atoms in total. The van der Waals surface area contributed by atoms with Crippen molar-refractivity contribution in [3.05, 3.63) is 29.3 Å². The smallest absolute Gasteiger partial charge is 0.219 e. The number of hydrogen-bond donors (Lipinski definition) is 2. The van der Waals surface area contributed by atoms with E-state index >= 15 is 0 Å². The van der Waals surface area contributed by atoms with Crippen LogP contribution in [0.5, 0.6) is 5.75 Å². The van der Waals surface area contributed by atoms with E-state index in [0.29, 0.717) is 12.6 Å². The maximum absolute atomic E-state index is 11.4. The zero-order chi connectivity index (χ0) is 21.3. The lowest BCUT2D eigenvalue weighted by Crippen LogP contribution is -2.50. The summed E-state index contributed by atoms with van der Waals surface area (Å²) in [4.78, 5) is 20.1. The number of piperazine rings is 1. The van der Waals surface area contributed by atoms with E-state index in [0.717, 1.165) is 69.4 Å². The Balaban J connectivity index is 1.43. The maximum atomic E-state index is 11.4. The van der Waals surface area contributed by atoms with Gasteiger partial charge in [-0.1, -0.05) is 12.1 Å². The van der Waals surface area contributed by atoms with E-state index in [-0.39, 0.29) is 5.91 Å². The molecule has 166 valence electrons. The zero-order valence-electron chi connectivity index (χ0n) is 18.7. The monoisotopic (exact) mass is 415 g/mol. The first-order chi connectivity index (χ1) is 14.5. The van der Waals surface area contributed by atoms with Crippen molar-refractivity contribution >= 4 is 11.9 Å². The van der Waals surface area contributed by atoms with E-state index < -0.39 is 0 Å². The number of carbonyl (C=O) groups is 1. The summed E-state index contributed by atoms with van der Waals surface area (Å²) in [6.45, 7) is 9.68. The molecular formula is C23H37N5O2. The van der Waals surface area contributed by atoms with Gasteiger partial charge in [0.2, 0.25) is 5.91 Å². The van der Waals surface area contributed by atoms with Gasteiger partial charge < -0.3 is 20.3 Å². The number of nitrogens with one attached hydrogen (secondary N) is 2. The number of benzene rings is 1. The molecule has 0 spiro atoms. The van der Waals surface area contributed by atoms with Crippen LogP contribution in [0, 0.1) is 6.92 Å². The maximum Gasteiger partial charge on any atom is 0.219 e. The van der Waals surface area contributed by atoms with Crippen molar-refractivity contribution in [3.8, 4) is 5.75 Å². The Morgan fingerprint density at radius 1 is 1.17 bits per heavy atom. The summed E-state index contributed by atoms with van der Waals surface area (Å²) in [6.07, 6.45) is 5.20. The van der Waals surface area contributed by atoms with Gasteiger partial charge in [0.1, 0.15) is 5.75 Å². The van der Waals surface area contributed by atoms with E-state index in [1.54, 1.807) is 14.0 Å². The molecule has 0 unspecified atom stereocenters. The third-order valence-corrected chi connectivity index (χ3v) is 6.03. The topological polar surface area (TPSA) is 69.2 Å². The summed E-state index contributed by atoms with van der Waals surface area (Å²) in [5, 5.41) is 6.82. The van der Waals surface area contributed by atoms with Crippen LogP contribution < -0.4 is 15.4 Å². The second-order valence-electron chi connectivity index (χ2n) is 8.34. The molecule has 3 rings (SSSR count). The molecule has 0 radical (unpaired) electrons. The Morgan fingerprint density at radius 2 is 1.90 bits per heavy atom. The minimum Gasteiger partial charge on any atom is -0.490 e. The zero-order valence-corrected chi connectivity index (χ0v) is 18.7. The molecule has 30 heavy (non-hydrogen) atoms. The lowest BCUT2D eigenvalue weighted by molar-refractivity contribution is -0.130. The van der Waals surface area contributed by atoms with E-state index in [1.807, 2.05) is 4.90 Å². The van der Waals surface area contributed by atoms with Crippen LogP contribution in [0.1, 0.15) is 43.7 Å². The predicted octanol–water partition coefficient (Wildman–Crippen LogP) is 2.15. The number of guanidine groups is 1. The Bertz CT molecular complexity index is 722. The van der Waals surface area contributed by atoms with Crippen LogP contribution in [0.25, 0.3) is 0 Å². The van der Waals surface area contributed by atoms with Crippen LogP contribution in [0.4, 0.5) is 0 Å². The second-order valence-corrected chi connectivity index (χ2v) is 8.34. The molecule has 2 N–H and O–H groups in total. The van der Waals surface area contributed by atoms with Crippen LogP contribution in [0.2, 0.25) is 0 Å². The fourth-order valence-electron chi connectivity index (χ4n) is 4.12. The molecule has 2 aliphatic rings. The van der Waals surface area contributed by atoms with Crippen molar-refractivity contribution < 1.29 is 9.53 Å². The van der Waals surface area contributed by atoms with Gasteiger partial charge in [-0.25, -0.2) is 0 Å². The van der Waals surface area contributed by atoms with Gasteiger partial charge in [0.15, 0.2) is 5.96 Å². The number of amides is 1. The summed E-state index contributed by atoms with van der Waals surface area (Å²) in [5.41, 5.74) is 2.38. The Kier molecular flexibility index (Phi) is 8.37. The molecule has 1 heterocycles. The molecule has 1 aromatic carbocycles. The van der Waals surface area contributed by atoms with Crippen LogP contribution in [0.3, 0.4) is 0 Å². The number of ether oxygens (including phenoxy) is 1. The summed E-state index contributed by atoms with van der Waals surface area (Å²) in [5.74, 6) is 1.96. The van der Waals surface area contributed by atoms with Crippen molar-refractivity contribution in [1.29, 1.82) is 0 Å². The largest absolute Gasteiger partial charge is 0.490 e. The predicted molar refractivity (Wildman–Crippen MR) is 121 cm³/mol. The SMILES string of the molecule is CN=C(NCCN1CCN(C(C)=O)CC1)NCc1ccc(C)cc1OC1CCCC1. The lowest BCUT2D eigenvalue weighted by Gasteiger charge is -2.34. The molecule has 1 aliphatic heterocycles. The summed E-state index contributed by atoms with van der Waals surface area (Å²) in [7, 11) is 1.80. The highest BCUT2D eigenvalue weighted by Crippen LogP contribution is 2.27. The fraction of sp³-hybridized carbons (Fsp3) is 0.652. The Labute approximate surface area is 180 Å². The molecule has 7 heteroatoms. The average molecular weight is 416 g/mol. The van der Waals surface area contributed by atoms with Crippen molar-refractivity contribution in [2.45, 2.75) is 52.2 Å². The van der Waals surface area contributed by atoms with Crippen LogP contribution in [-0.4, -0.2) is 74.1 Å². The van der Waals surface area contributed by atoms with E-state index in [2.05, 4.69) is 45.6 Å². The molecule has 0 aromatic heterocycles. The van der Waals surface area contributed by atoms with Crippen molar-refractivity contribution in [1.82, 2.24) is 20.4 Å². The first-order valence-electron chi connectivity index (χ1n) is 11.2. The molecule has 1 aliphatic carbocycles. The number of rotatable bonds is 7. The quantitative estimate of drug-likeness (QED) is 0.528. The highest BCUT2D eigenvalue weighted by molar-refractivity contribution is 5.79. The molecule has 2 fully saturated rings. The minimum atomic E-state index is 0.171. The van der Waals surface area contributed by atoms with E-state index in [1.165, 1.54) is 18.4 Å². The number of aliphatic imine (C=N–C) groups is 1. The van der Waals surface area contributed by atoms with Gasteiger partial charge in [-0.3, -0.25) is 14.7 Å². The van der Waals surface area contributed by atoms with Gasteiger partial charge in [-0.15, -0.1) is 0 Å². The van der Waals surface area contributed by atoms with Crippen LogP contribution in [-0.2, 0) is 11.3 Å². The third-order valence-electron chi connectivity index (χ3n) is 6.03. The molecule has 1 saturated carbocycles. The van der Waals surface area contributed by atoms with Gasteiger partial charge in [0.25, 0.3) is 0 Å². The van der Waals surface area contributed by atoms with Gasteiger partial charge in [0, 0.05) is 65.3 Å². The molecule has 1 saturated heterocycles. The number of nitrogens with zero attached hydrogens (tertiary/aromatic N) is 3. The Hall–Kier alpha value is -2.28. The highest BCUT2D eigenvalue weighted by Gasteiger charge is 2.19. The molecule has 0 bridgehead atoms. The highest BCUT2D eigenvalue weighted by atomic mass is 16.5. The van der Waals surface area contributed by atoms with Gasteiger partial charge in [0.05, 0.1) is 6.10 Å². The first-order valence-corrected chi connectivity index (χ1v) is 11.2. The number of hydrogen-bond acceptors (Lipinski definition) is 4. The number of carbonyl (C=O) groups excluding carboxylic acids is 1. The summed E-state index contributed by atoms with van der Waals surface area (Å²) in [6, 6.07) is 6.43. The van der Waals surface area contributed by atoms with Crippen LogP contribution >= 0.6 is 0 Å². The lowest BCUT2D eigenvalue weighted by atomic mass is 10.1. The average Bonchev–Trinajstić information content (AvgIpc) is 3.25. The van der Waals surface area contributed by atoms with Crippen LogP contribution in [0.15, 0.2) is 23.2 Å². The molecular weight excluding hydrogens is 378 g/mol. The summed E-state index contributed by atoms with van der Waals surface area (Å²) < 4.78 is 6.30. The van der Waals surface area contributed by atoms with Gasteiger partial charge in [-0.05, 0) is 44.2 Å². The second kappa shape index (κ2) is 11.2. The third kappa shape index (κ3) is 6.62. The normalized spacial score (nSPS) is 18.5. The van der Waals surface area contributed by atoms with Gasteiger partial charge >= 0.3 is 0 Å². The first kappa shape index (κ1) is 22.4. The molecule has 0 atom stereocenters. The van der Waals surface area contributed by atoms with E-state index in [9.17, 15) is 4.79 Å². The Morgan fingerprint density at radius 3 is 2.57 bits per heavy atom. The van der Waals surface area contributed by atoms with Gasteiger partial charge in [-0.2, -0.15) is 0 Å². The summed E-state index contributed by atoms with van der Waals surface area (Å²) >= 11 is 0. The number of aryl methyl sites for hydroxylation is 1. The van der Waals surface area contributed by atoms with E-state index in [4.69, 9.17) is 4.74 Å². The standard InChI is InChI=1S/C23H37N5O2/c1-18-8-9-20(22(16-18)30-21-6-4-5-7-21)17-26-23(24-3)25-10-11-27-12-14-28(15-13-27)19(2)29/h8-9,16,21H,4-7,10-15,17H2,1-3H3,(H2,24,25,26). The minimum absolute atomic E-state index is 0.171. The molecule has 1 amide bonds. The molecule has 1 aromatic rings. The fourth-order valence-corrected chi connectivity index (χ4v) is 4.12. The van der Waals surface area contributed by atoms with Crippen molar-refractivity contribution in [2.75, 3.05) is 46.3 Å².